The highest BCUT2D eigenvalue weighted by Crippen LogP contribution is 2.35. The summed E-state index contributed by atoms with van der Waals surface area (Å²) < 4.78 is 5.39. The van der Waals surface area contributed by atoms with Crippen LogP contribution in [0, 0.1) is 5.41 Å². The van der Waals surface area contributed by atoms with Gasteiger partial charge in [-0.05, 0) is 43.9 Å². The molecule has 2 fully saturated rings. The number of rotatable bonds is 2. The molecule has 1 saturated heterocycles. The van der Waals surface area contributed by atoms with E-state index in [4.69, 9.17) is 4.74 Å². The highest BCUT2D eigenvalue weighted by atomic mass is 16.5. The quantitative estimate of drug-likeness (QED) is 0.782. The fraction of sp³-hybridized carbons (Fsp3) is 0.923. The van der Waals surface area contributed by atoms with Crippen LogP contribution in [0.2, 0.25) is 0 Å². The molecule has 2 rings (SSSR count). The lowest BCUT2D eigenvalue weighted by Gasteiger charge is -2.34. The minimum Gasteiger partial charge on any atom is -0.368 e. The molecule has 1 atom stereocenters. The van der Waals surface area contributed by atoms with Crippen molar-refractivity contribution in [3.63, 3.8) is 0 Å². The Labute approximate surface area is 97.9 Å². The number of hydrogen-bond donors (Lipinski definition) is 1. The molecule has 1 N–H and O–H groups in total. The van der Waals surface area contributed by atoms with Crippen LogP contribution in [0.1, 0.15) is 52.4 Å². The molecule has 1 aliphatic heterocycles. The fourth-order valence-corrected chi connectivity index (χ4v) is 2.62. The third-order valence-corrected chi connectivity index (χ3v) is 3.91. The van der Waals surface area contributed by atoms with Gasteiger partial charge in [0.05, 0.1) is 0 Å². The Hall–Kier alpha value is -0.570. The first kappa shape index (κ1) is 11.9. The van der Waals surface area contributed by atoms with Gasteiger partial charge in [0, 0.05) is 12.6 Å². The van der Waals surface area contributed by atoms with Gasteiger partial charge in [-0.3, -0.25) is 4.79 Å². The smallest absolute Gasteiger partial charge is 0.249 e. The summed E-state index contributed by atoms with van der Waals surface area (Å²) in [5.41, 5.74) is 0.463. The summed E-state index contributed by atoms with van der Waals surface area (Å²) >= 11 is 0. The Morgan fingerprint density at radius 1 is 1.25 bits per heavy atom. The van der Waals surface area contributed by atoms with Gasteiger partial charge in [0.2, 0.25) is 5.91 Å². The molecule has 0 bridgehead atoms. The Balaban J connectivity index is 1.76. The van der Waals surface area contributed by atoms with Crippen LogP contribution in [-0.2, 0) is 9.53 Å². The zero-order valence-electron chi connectivity index (χ0n) is 10.4. The Bertz CT molecular complexity index is 247. The molecule has 0 unspecified atom stereocenters. The highest BCUT2D eigenvalue weighted by Gasteiger charge is 2.30. The lowest BCUT2D eigenvalue weighted by Crippen LogP contribution is -2.43. The first-order valence-electron chi connectivity index (χ1n) is 6.49. The lowest BCUT2D eigenvalue weighted by molar-refractivity contribution is -0.131. The van der Waals surface area contributed by atoms with E-state index in [1.165, 1.54) is 12.8 Å². The lowest BCUT2D eigenvalue weighted by atomic mass is 9.75. The SMILES string of the molecule is CC1(C)CCC(NC(=O)[C@H]2CCCO2)CC1. The largest absolute Gasteiger partial charge is 0.368 e. The van der Waals surface area contributed by atoms with Crippen LogP contribution in [0.4, 0.5) is 0 Å². The third-order valence-electron chi connectivity index (χ3n) is 3.91. The number of nitrogens with one attached hydrogen (secondary N) is 1. The molecule has 1 amide bonds. The van der Waals surface area contributed by atoms with E-state index in [0.717, 1.165) is 32.3 Å². The van der Waals surface area contributed by atoms with E-state index < -0.39 is 0 Å². The molecule has 3 heteroatoms. The maximum absolute atomic E-state index is 11.8. The second-order valence-electron chi connectivity index (χ2n) is 5.95. The van der Waals surface area contributed by atoms with Crippen molar-refractivity contribution < 1.29 is 9.53 Å². The van der Waals surface area contributed by atoms with Gasteiger partial charge in [0.15, 0.2) is 0 Å². The van der Waals surface area contributed by atoms with Crippen molar-refractivity contribution in [2.75, 3.05) is 6.61 Å². The molecule has 92 valence electrons. The summed E-state index contributed by atoms with van der Waals surface area (Å²) in [5.74, 6) is 0.113. The first-order valence-corrected chi connectivity index (χ1v) is 6.49. The molecular formula is C13H23NO2. The Morgan fingerprint density at radius 3 is 2.50 bits per heavy atom. The minimum atomic E-state index is -0.171. The maximum atomic E-state index is 11.8. The van der Waals surface area contributed by atoms with Gasteiger partial charge in [0.25, 0.3) is 0 Å². The van der Waals surface area contributed by atoms with Gasteiger partial charge in [-0.1, -0.05) is 13.8 Å². The average molecular weight is 225 g/mol. The molecule has 2 aliphatic rings. The molecule has 0 spiro atoms. The molecule has 0 aromatic rings. The standard InChI is InChI=1S/C13H23NO2/c1-13(2)7-5-10(6-8-13)14-12(15)11-4-3-9-16-11/h10-11H,3-9H2,1-2H3,(H,14,15)/t11-/m1/s1. The molecule has 1 heterocycles. The van der Waals surface area contributed by atoms with E-state index >= 15 is 0 Å². The van der Waals surface area contributed by atoms with Crippen molar-refractivity contribution >= 4 is 5.91 Å². The van der Waals surface area contributed by atoms with Crippen LogP contribution < -0.4 is 5.32 Å². The van der Waals surface area contributed by atoms with Gasteiger partial charge >= 0.3 is 0 Å². The van der Waals surface area contributed by atoms with Gasteiger partial charge in [-0.25, -0.2) is 0 Å². The second-order valence-corrected chi connectivity index (χ2v) is 5.95. The van der Waals surface area contributed by atoms with Crippen molar-refractivity contribution in [1.29, 1.82) is 0 Å². The van der Waals surface area contributed by atoms with Gasteiger partial charge < -0.3 is 10.1 Å². The second kappa shape index (κ2) is 4.74. The topological polar surface area (TPSA) is 38.3 Å². The summed E-state index contributed by atoms with van der Waals surface area (Å²) in [4.78, 5) is 11.8. The fourth-order valence-electron chi connectivity index (χ4n) is 2.62. The summed E-state index contributed by atoms with van der Waals surface area (Å²) in [6.07, 6.45) is 6.40. The Kier molecular flexibility index (Phi) is 3.53. The van der Waals surface area contributed by atoms with Crippen LogP contribution in [-0.4, -0.2) is 24.7 Å². The van der Waals surface area contributed by atoms with Crippen molar-refractivity contribution in [3.05, 3.63) is 0 Å². The van der Waals surface area contributed by atoms with Crippen LogP contribution in [0.3, 0.4) is 0 Å². The summed E-state index contributed by atoms with van der Waals surface area (Å²) in [7, 11) is 0. The molecule has 3 nitrogen and oxygen atoms in total. The first-order chi connectivity index (χ1) is 7.57. The van der Waals surface area contributed by atoms with Crippen molar-refractivity contribution in [2.45, 2.75) is 64.5 Å². The van der Waals surface area contributed by atoms with E-state index in [0.29, 0.717) is 11.5 Å². The summed E-state index contributed by atoms with van der Waals surface area (Å²) in [6.45, 7) is 5.37. The summed E-state index contributed by atoms with van der Waals surface area (Å²) in [5, 5.41) is 3.13. The molecule has 1 saturated carbocycles. The maximum Gasteiger partial charge on any atom is 0.249 e. The van der Waals surface area contributed by atoms with E-state index in [9.17, 15) is 4.79 Å². The van der Waals surface area contributed by atoms with Crippen molar-refractivity contribution in [3.8, 4) is 0 Å². The monoisotopic (exact) mass is 225 g/mol. The molecular weight excluding hydrogens is 202 g/mol. The van der Waals surface area contributed by atoms with E-state index in [-0.39, 0.29) is 12.0 Å². The summed E-state index contributed by atoms with van der Waals surface area (Å²) in [6, 6.07) is 0.379. The predicted octanol–water partition coefficient (Wildman–Crippen LogP) is 2.25. The Morgan fingerprint density at radius 2 is 1.94 bits per heavy atom. The molecule has 0 aromatic carbocycles. The molecule has 16 heavy (non-hydrogen) atoms. The molecule has 1 aliphatic carbocycles. The van der Waals surface area contributed by atoms with E-state index in [2.05, 4.69) is 19.2 Å². The van der Waals surface area contributed by atoms with E-state index in [1.807, 2.05) is 0 Å². The minimum absolute atomic E-state index is 0.113. The number of hydrogen-bond acceptors (Lipinski definition) is 2. The number of carbonyl (C=O) groups excluding carboxylic acids is 1. The zero-order chi connectivity index (χ0) is 11.6. The molecule has 0 aromatic heterocycles. The van der Waals surface area contributed by atoms with Crippen LogP contribution in [0.15, 0.2) is 0 Å². The number of ether oxygens (including phenoxy) is 1. The van der Waals surface area contributed by atoms with Gasteiger partial charge in [-0.2, -0.15) is 0 Å². The predicted molar refractivity (Wildman–Crippen MR) is 63.2 cm³/mol. The van der Waals surface area contributed by atoms with Gasteiger partial charge in [0.1, 0.15) is 6.10 Å². The normalized spacial score (nSPS) is 30.2. The zero-order valence-corrected chi connectivity index (χ0v) is 10.4. The van der Waals surface area contributed by atoms with E-state index in [1.54, 1.807) is 0 Å². The molecule has 0 radical (unpaired) electrons. The van der Waals surface area contributed by atoms with Gasteiger partial charge in [-0.15, -0.1) is 0 Å². The average Bonchev–Trinajstić information content (AvgIpc) is 2.74. The van der Waals surface area contributed by atoms with Crippen LogP contribution >= 0.6 is 0 Å². The van der Waals surface area contributed by atoms with Crippen LogP contribution in [0.25, 0.3) is 0 Å². The number of carbonyl (C=O) groups is 1. The third kappa shape index (κ3) is 2.97. The van der Waals surface area contributed by atoms with Crippen LogP contribution in [0.5, 0.6) is 0 Å². The number of amides is 1. The van der Waals surface area contributed by atoms with Crippen molar-refractivity contribution in [2.24, 2.45) is 5.41 Å². The highest BCUT2D eigenvalue weighted by molar-refractivity contribution is 5.81. The van der Waals surface area contributed by atoms with Crippen molar-refractivity contribution in [1.82, 2.24) is 5.32 Å².